The molecule has 0 aliphatic carbocycles. The van der Waals surface area contributed by atoms with Crippen LogP contribution < -0.4 is 15.5 Å². The van der Waals surface area contributed by atoms with Gasteiger partial charge in [-0.05, 0) is 42.0 Å². The minimum absolute atomic E-state index is 0.0577. The van der Waals surface area contributed by atoms with Crippen LogP contribution in [0.4, 0.5) is 11.4 Å². The Morgan fingerprint density at radius 1 is 0.769 bits per heavy atom. The largest absolute Gasteiger partial charge is 0.366 e. The van der Waals surface area contributed by atoms with Crippen LogP contribution in [0.1, 0.15) is 26.3 Å². The van der Waals surface area contributed by atoms with E-state index in [4.69, 9.17) is 11.6 Å². The third-order valence-corrected chi connectivity index (χ3v) is 7.39. The number of benzene rings is 3. The minimum atomic E-state index is -0.304. The van der Waals surface area contributed by atoms with Gasteiger partial charge in [0.25, 0.3) is 11.8 Å². The second kappa shape index (κ2) is 12.3. The molecule has 2 heterocycles. The molecule has 202 valence electrons. The molecule has 3 aromatic rings. The van der Waals surface area contributed by atoms with E-state index < -0.39 is 0 Å². The van der Waals surface area contributed by atoms with Gasteiger partial charge in [0.2, 0.25) is 5.91 Å². The van der Waals surface area contributed by atoms with E-state index in [1.165, 1.54) is 0 Å². The summed E-state index contributed by atoms with van der Waals surface area (Å²) in [6.45, 7) is 5.19. The number of carbonyl (C=O) groups is 3. The fraction of sp³-hybridized carbons (Fsp3) is 0.300. The predicted molar refractivity (Wildman–Crippen MR) is 154 cm³/mol. The number of hydrogen-bond acceptors (Lipinski definition) is 5. The zero-order valence-corrected chi connectivity index (χ0v) is 22.5. The Labute approximate surface area is 233 Å². The number of nitrogens with one attached hydrogen (secondary N) is 2. The molecule has 2 aliphatic rings. The monoisotopic (exact) mass is 545 g/mol. The first kappa shape index (κ1) is 26.7. The Hall–Kier alpha value is -3.88. The van der Waals surface area contributed by atoms with E-state index in [0.29, 0.717) is 67.5 Å². The maximum Gasteiger partial charge on any atom is 0.255 e. The molecule has 2 saturated heterocycles. The molecule has 3 amide bonds. The molecule has 0 bridgehead atoms. The summed E-state index contributed by atoms with van der Waals surface area (Å²) in [6.07, 6.45) is 0.380. The van der Waals surface area contributed by atoms with Crippen molar-refractivity contribution in [1.29, 1.82) is 0 Å². The van der Waals surface area contributed by atoms with Gasteiger partial charge in [0.05, 0.1) is 17.8 Å². The Bertz CT molecular complexity index is 1340. The Morgan fingerprint density at radius 2 is 1.51 bits per heavy atom. The highest BCUT2D eigenvalue weighted by Crippen LogP contribution is 2.30. The molecule has 9 heteroatoms. The molecule has 8 nitrogen and oxygen atoms in total. The van der Waals surface area contributed by atoms with Crippen molar-refractivity contribution in [2.24, 2.45) is 0 Å². The van der Waals surface area contributed by atoms with E-state index in [1.807, 2.05) is 52.3 Å². The van der Waals surface area contributed by atoms with Crippen LogP contribution in [0.2, 0.25) is 5.02 Å². The second-order valence-electron chi connectivity index (χ2n) is 9.77. The van der Waals surface area contributed by atoms with Crippen molar-refractivity contribution in [2.75, 3.05) is 62.6 Å². The highest BCUT2D eigenvalue weighted by Gasteiger charge is 2.25. The quantitative estimate of drug-likeness (QED) is 0.495. The van der Waals surface area contributed by atoms with Crippen LogP contribution in [-0.2, 0) is 11.2 Å². The lowest BCUT2D eigenvalue weighted by atomic mass is 10.1. The zero-order valence-electron chi connectivity index (χ0n) is 21.7. The third kappa shape index (κ3) is 6.58. The number of nitrogens with zero attached hydrogens (tertiary/aromatic N) is 3. The highest BCUT2D eigenvalue weighted by molar-refractivity contribution is 6.31. The average Bonchev–Trinajstić information content (AvgIpc) is 2.98. The summed E-state index contributed by atoms with van der Waals surface area (Å²) in [7, 11) is 0. The fourth-order valence-corrected chi connectivity index (χ4v) is 5.19. The molecule has 0 unspecified atom stereocenters. The predicted octanol–water partition coefficient (Wildman–Crippen LogP) is 3.53. The first-order chi connectivity index (χ1) is 19.0. The molecular formula is C30H32ClN5O3. The molecule has 0 saturated carbocycles. The van der Waals surface area contributed by atoms with Gasteiger partial charge in [-0.1, -0.05) is 48.0 Å². The average molecular weight is 546 g/mol. The van der Waals surface area contributed by atoms with Crippen molar-refractivity contribution < 1.29 is 14.4 Å². The molecule has 2 aliphatic heterocycles. The van der Waals surface area contributed by atoms with Crippen LogP contribution in [0.15, 0.2) is 72.8 Å². The number of rotatable bonds is 6. The number of amides is 3. The summed E-state index contributed by atoms with van der Waals surface area (Å²) in [5.74, 6) is -0.257. The van der Waals surface area contributed by atoms with Crippen LogP contribution in [0.5, 0.6) is 0 Å². The van der Waals surface area contributed by atoms with Gasteiger partial charge in [-0.25, -0.2) is 0 Å². The zero-order chi connectivity index (χ0) is 27.2. The van der Waals surface area contributed by atoms with Gasteiger partial charge in [0.1, 0.15) is 0 Å². The van der Waals surface area contributed by atoms with E-state index >= 15 is 0 Å². The van der Waals surface area contributed by atoms with E-state index in [0.717, 1.165) is 24.3 Å². The van der Waals surface area contributed by atoms with Crippen molar-refractivity contribution in [3.63, 3.8) is 0 Å². The van der Waals surface area contributed by atoms with Gasteiger partial charge in [-0.2, -0.15) is 0 Å². The summed E-state index contributed by atoms with van der Waals surface area (Å²) < 4.78 is 0. The summed E-state index contributed by atoms with van der Waals surface area (Å²) in [5, 5.41) is 6.75. The van der Waals surface area contributed by atoms with E-state index in [2.05, 4.69) is 15.5 Å². The number of hydrogen-bond donors (Lipinski definition) is 2. The maximum absolute atomic E-state index is 13.2. The van der Waals surface area contributed by atoms with Crippen molar-refractivity contribution >= 4 is 40.7 Å². The van der Waals surface area contributed by atoms with Crippen LogP contribution in [-0.4, -0.2) is 79.9 Å². The van der Waals surface area contributed by atoms with Crippen molar-refractivity contribution in [3.05, 3.63) is 94.5 Å². The maximum atomic E-state index is 13.2. The van der Waals surface area contributed by atoms with E-state index in [-0.39, 0.29) is 17.7 Å². The molecule has 2 fully saturated rings. The number of piperazine rings is 2. The normalized spacial score (nSPS) is 15.7. The number of anilines is 2. The van der Waals surface area contributed by atoms with Crippen molar-refractivity contribution in [1.82, 2.24) is 15.1 Å². The minimum Gasteiger partial charge on any atom is -0.366 e. The summed E-state index contributed by atoms with van der Waals surface area (Å²) in [4.78, 5) is 45.1. The lowest BCUT2D eigenvalue weighted by molar-refractivity contribution is -0.130. The molecule has 5 rings (SSSR count). The Morgan fingerprint density at radius 3 is 2.23 bits per heavy atom. The fourth-order valence-electron chi connectivity index (χ4n) is 5.00. The lowest BCUT2D eigenvalue weighted by Gasteiger charge is -2.37. The van der Waals surface area contributed by atoms with E-state index in [9.17, 15) is 14.4 Å². The summed E-state index contributed by atoms with van der Waals surface area (Å²) in [5.41, 5.74) is 3.34. The Kier molecular flexibility index (Phi) is 8.44. The summed E-state index contributed by atoms with van der Waals surface area (Å²) >= 11 is 6.11. The lowest BCUT2D eigenvalue weighted by Crippen LogP contribution is -2.49. The van der Waals surface area contributed by atoms with Crippen LogP contribution in [0, 0.1) is 0 Å². The van der Waals surface area contributed by atoms with Gasteiger partial charge < -0.3 is 25.3 Å². The molecule has 2 N–H and O–H groups in total. The SMILES string of the molecule is O=C(Nc1cc(C(=O)N2CCNCC2)ccc1N1CCN(C(=O)Cc2ccccc2)CC1)c1cccc(Cl)c1. The summed E-state index contributed by atoms with van der Waals surface area (Å²) in [6, 6.07) is 22.0. The second-order valence-corrected chi connectivity index (χ2v) is 10.2. The number of halogens is 1. The van der Waals surface area contributed by atoms with Gasteiger partial charge in [0, 0.05) is 68.5 Å². The van der Waals surface area contributed by atoms with Gasteiger partial charge in [0.15, 0.2) is 0 Å². The molecule has 0 aromatic heterocycles. The molecule has 0 atom stereocenters. The topological polar surface area (TPSA) is 85.0 Å². The molecule has 0 radical (unpaired) electrons. The first-order valence-electron chi connectivity index (χ1n) is 13.3. The van der Waals surface area contributed by atoms with Crippen LogP contribution in [0.3, 0.4) is 0 Å². The molecular weight excluding hydrogens is 514 g/mol. The third-order valence-electron chi connectivity index (χ3n) is 7.15. The van der Waals surface area contributed by atoms with Gasteiger partial charge in [-0.15, -0.1) is 0 Å². The first-order valence-corrected chi connectivity index (χ1v) is 13.6. The Balaban J connectivity index is 1.34. The molecule has 39 heavy (non-hydrogen) atoms. The van der Waals surface area contributed by atoms with Crippen molar-refractivity contribution in [3.8, 4) is 0 Å². The molecule has 3 aromatic carbocycles. The molecule has 0 spiro atoms. The standard InChI is InChI=1S/C30H32ClN5O3/c31-25-8-4-7-23(20-25)29(38)33-26-21-24(30(39)36-13-11-32-12-14-36)9-10-27(26)34-15-17-35(18-16-34)28(37)19-22-5-2-1-3-6-22/h1-10,20-21,32H,11-19H2,(H,33,38). The van der Waals surface area contributed by atoms with Gasteiger partial charge in [-0.3, -0.25) is 14.4 Å². The van der Waals surface area contributed by atoms with Gasteiger partial charge >= 0.3 is 0 Å². The van der Waals surface area contributed by atoms with Crippen LogP contribution in [0.25, 0.3) is 0 Å². The van der Waals surface area contributed by atoms with Crippen molar-refractivity contribution in [2.45, 2.75) is 6.42 Å². The number of carbonyl (C=O) groups excluding carboxylic acids is 3. The highest BCUT2D eigenvalue weighted by atomic mass is 35.5. The smallest absolute Gasteiger partial charge is 0.255 e. The van der Waals surface area contributed by atoms with E-state index in [1.54, 1.807) is 30.3 Å². The van der Waals surface area contributed by atoms with Crippen LogP contribution >= 0.6 is 11.6 Å².